The molecule has 1 aliphatic carbocycles. The van der Waals surface area contributed by atoms with Gasteiger partial charge in [0.2, 0.25) is 5.60 Å². The second-order valence-corrected chi connectivity index (χ2v) is 8.72. The van der Waals surface area contributed by atoms with Crippen molar-refractivity contribution in [2.75, 3.05) is 6.61 Å². The van der Waals surface area contributed by atoms with Gasteiger partial charge in [0.15, 0.2) is 0 Å². The van der Waals surface area contributed by atoms with E-state index < -0.39 is 11.6 Å². The molecule has 0 saturated heterocycles. The first kappa shape index (κ1) is 21.3. The van der Waals surface area contributed by atoms with Gasteiger partial charge in [-0.3, -0.25) is 0 Å². The molecular formula is C26H31N2O3+. The Kier molecular flexibility index (Phi) is 5.96. The number of benzene rings is 2. The van der Waals surface area contributed by atoms with Gasteiger partial charge in [-0.05, 0) is 43.7 Å². The predicted molar refractivity (Wildman–Crippen MR) is 118 cm³/mol. The first-order valence-electron chi connectivity index (χ1n) is 11.0. The molecule has 0 aliphatic heterocycles. The Morgan fingerprint density at radius 3 is 2.26 bits per heavy atom. The summed E-state index contributed by atoms with van der Waals surface area (Å²) in [5.74, 6) is 1.30. The van der Waals surface area contributed by atoms with E-state index >= 15 is 0 Å². The number of nitrogens with zero attached hydrogens (tertiary/aromatic N) is 2. The van der Waals surface area contributed by atoms with E-state index in [-0.39, 0.29) is 6.61 Å². The second-order valence-electron chi connectivity index (χ2n) is 8.72. The van der Waals surface area contributed by atoms with Gasteiger partial charge in [0, 0.05) is 6.92 Å². The highest BCUT2D eigenvalue weighted by Gasteiger charge is 2.42. The van der Waals surface area contributed by atoms with Crippen LogP contribution in [0.15, 0.2) is 60.9 Å². The van der Waals surface area contributed by atoms with E-state index in [1.807, 2.05) is 56.4 Å². The maximum atomic E-state index is 13.2. The van der Waals surface area contributed by atoms with Gasteiger partial charge >= 0.3 is 5.97 Å². The molecule has 5 nitrogen and oxygen atoms in total. The maximum absolute atomic E-state index is 13.2. The largest absolute Gasteiger partial charge is 0.459 e. The molecule has 1 heterocycles. The topological polar surface area (TPSA) is 55.3 Å². The normalized spacial score (nSPS) is 13.9. The number of carbonyl (C=O) groups excluding carboxylic acids is 1. The third-order valence-corrected chi connectivity index (χ3v) is 6.14. The SMILES string of the molecule is Cc1cccc(C(O)(C(=O)OCCn2cc[n+](CC3CC3)c2C)c2cccc(C)c2)c1. The molecule has 1 saturated carbocycles. The molecule has 1 aliphatic rings. The van der Waals surface area contributed by atoms with Gasteiger partial charge in [-0.15, -0.1) is 0 Å². The van der Waals surface area contributed by atoms with Gasteiger partial charge in [-0.2, -0.15) is 0 Å². The van der Waals surface area contributed by atoms with Gasteiger partial charge in [-0.1, -0.05) is 59.7 Å². The molecule has 31 heavy (non-hydrogen) atoms. The van der Waals surface area contributed by atoms with Crippen LogP contribution in [-0.4, -0.2) is 22.2 Å². The lowest BCUT2D eigenvalue weighted by Gasteiger charge is -2.27. The number of esters is 1. The smallest absolute Gasteiger partial charge is 0.347 e. The minimum Gasteiger partial charge on any atom is -0.459 e. The van der Waals surface area contributed by atoms with E-state index in [4.69, 9.17) is 4.74 Å². The van der Waals surface area contributed by atoms with Crippen LogP contribution in [0.5, 0.6) is 0 Å². The van der Waals surface area contributed by atoms with Crippen molar-refractivity contribution >= 4 is 5.97 Å². The van der Waals surface area contributed by atoms with E-state index in [0.717, 1.165) is 29.4 Å². The van der Waals surface area contributed by atoms with E-state index in [1.54, 1.807) is 12.1 Å². The lowest BCUT2D eigenvalue weighted by atomic mass is 9.85. The number of aromatic nitrogens is 2. The highest BCUT2D eigenvalue weighted by Crippen LogP contribution is 2.32. The van der Waals surface area contributed by atoms with Crippen molar-refractivity contribution in [3.8, 4) is 0 Å². The number of hydrogen-bond acceptors (Lipinski definition) is 3. The van der Waals surface area contributed by atoms with Crippen molar-refractivity contribution in [3.63, 3.8) is 0 Å². The molecule has 1 fully saturated rings. The van der Waals surface area contributed by atoms with Crippen molar-refractivity contribution in [1.82, 2.24) is 4.57 Å². The molecule has 0 bridgehead atoms. The van der Waals surface area contributed by atoms with E-state index in [9.17, 15) is 9.90 Å². The summed E-state index contributed by atoms with van der Waals surface area (Å²) in [6.45, 7) is 7.76. The number of rotatable bonds is 8. The Morgan fingerprint density at radius 2 is 1.71 bits per heavy atom. The number of carbonyl (C=O) groups is 1. The molecule has 2 aromatic carbocycles. The molecule has 4 rings (SSSR count). The number of hydrogen-bond donors (Lipinski definition) is 1. The highest BCUT2D eigenvalue weighted by molar-refractivity contribution is 5.85. The van der Waals surface area contributed by atoms with Crippen molar-refractivity contribution in [2.45, 2.75) is 52.3 Å². The molecule has 0 radical (unpaired) electrons. The quantitative estimate of drug-likeness (QED) is 0.448. The van der Waals surface area contributed by atoms with E-state index in [0.29, 0.717) is 17.7 Å². The Bertz CT molecular complexity index is 1040. The van der Waals surface area contributed by atoms with Crippen LogP contribution < -0.4 is 4.57 Å². The molecule has 5 heteroatoms. The van der Waals surface area contributed by atoms with Crippen LogP contribution >= 0.6 is 0 Å². The number of aliphatic hydroxyl groups is 1. The van der Waals surface area contributed by atoms with Crippen LogP contribution in [-0.2, 0) is 28.2 Å². The van der Waals surface area contributed by atoms with Gasteiger partial charge in [0.1, 0.15) is 25.5 Å². The van der Waals surface area contributed by atoms with Gasteiger partial charge < -0.3 is 9.84 Å². The van der Waals surface area contributed by atoms with Crippen molar-refractivity contribution < 1.29 is 19.2 Å². The first-order valence-corrected chi connectivity index (χ1v) is 11.0. The lowest BCUT2D eigenvalue weighted by Crippen LogP contribution is -2.39. The fourth-order valence-electron chi connectivity index (χ4n) is 4.03. The molecule has 162 valence electrons. The monoisotopic (exact) mass is 419 g/mol. The molecule has 3 aromatic rings. The zero-order valence-corrected chi connectivity index (χ0v) is 18.5. The average molecular weight is 420 g/mol. The summed E-state index contributed by atoms with van der Waals surface area (Å²) in [6.07, 6.45) is 6.74. The standard InChI is InChI=1S/C26H31N2O3/c1-19-6-4-8-23(16-19)26(30,24-9-5-7-20(2)17-24)25(29)31-15-14-27-12-13-28(21(27)3)18-22-10-11-22/h4-9,12-13,16-17,22,30H,10-11,14-15,18H2,1-3H3/q+1. The second kappa shape index (κ2) is 8.67. The third kappa shape index (κ3) is 4.57. The van der Waals surface area contributed by atoms with Gasteiger partial charge in [-0.25, -0.2) is 13.9 Å². The van der Waals surface area contributed by atoms with Crippen molar-refractivity contribution in [1.29, 1.82) is 0 Å². The summed E-state index contributed by atoms with van der Waals surface area (Å²) >= 11 is 0. The third-order valence-electron chi connectivity index (χ3n) is 6.14. The lowest BCUT2D eigenvalue weighted by molar-refractivity contribution is -0.705. The van der Waals surface area contributed by atoms with Crippen LogP contribution in [0.1, 0.15) is 40.9 Å². The average Bonchev–Trinajstić information content (AvgIpc) is 3.51. The number of imidazole rings is 1. The number of ether oxygens (including phenoxy) is 1. The Balaban J connectivity index is 1.52. The fourth-order valence-corrected chi connectivity index (χ4v) is 4.03. The molecular weight excluding hydrogens is 388 g/mol. The summed E-state index contributed by atoms with van der Waals surface area (Å²) in [7, 11) is 0. The molecule has 1 N–H and O–H groups in total. The van der Waals surface area contributed by atoms with Gasteiger partial charge in [0.25, 0.3) is 5.82 Å². The zero-order chi connectivity index (χ0) is 22.0. The molecule has 0 unspecified atom stereocenters. The minimum atomic E-state index is -1.85. The van der Waals surface area contributed by atoms with Crippen LogP contribution in [0.4, 0.5) is 0 Å². The predicted octanol–water partition coefficient (Wildman–Crippen LogP) is 3.59. The summed E-state index contributed by atoms with van der Waals surface area (Å²) in [5.41, 5.74) is 1.12. The minimum absolute atomic E-state index is 0.192. The fraction of sp³-hybridized carbons (Fsp3) is 0.385. The van der Waals surface area contributed by atoms with Gasteiger partial charge in [0.05, 0.1) is 6.54 Å². The highest BCUT2D eigenvalue weighted by atomic mass is 16.5. The van der Waals surface area contributed by atoms with Crippen LogP contribution in [0.3, 0.4) is 0 Å². The van der Waals surface area contributed by atoms with Crippen LogP contribution in [0, 0.1) is 26.7 Å². The van der Waals surface area contributed by atoms with Crippen LogP contribution in [0.2, 0.25) is 0 Å². The zero-order valence-electron chi connectivity index (χ0n) is 18.5. The van der Waals surface area contributed by atoms with Crippen molar-refractivity contribution in [3.05, 3.63) is 89.0 Å². The molecule has 0 amide bonds. The molecule has 0 spiro atoms. The Morgan fingerprint density at radius 1 is 1.10 bits per heavy atom. The Labute approximate surface area is 183 Å². The summed E-state index contributed by atoms with van der Waals surface area (Å²) < 4.78 is 9.99. The summed E-state index contributed by atoms with van der Waals surface area (Å²) in [6, 6.07) is 14.8. The maximum Gasteiger partial charge on any atom is 0.347 e. The van der Waals surface area contributed by atoms with E-state index in [1.165, 1.54) is 12.8 Å². The van der Waals surface area contributed by atoms with Crippen molar-refractivity contribution in [2.24, 2.45) is 5.92 Å². The Hall–Kier alpha value is -2.92. The van der Waals surface area contributed by atoms with E-state index in [2.05, 4.69) is 22.3 Å². The first-order chi connectivity index (χ1) is 14.9. The summed E-state index contributed by atoms with van der Waals surface area (Å²) in [4.78, 5) is 13.2. The molecule has 1 aromatic heterocycles. The molecule has 0 atom stereocenters. The summed E-state index contributed by atoms with van der Waals surface area (Å²) in [5, 5.41) is 11.6. The van der Waals surface area contributed by atoms with Crippen LogP contribution in [0.25, 0.3) is 0 Å². The number of aryl methyl sites for hydroxylation is 2.